The molecule has 36 heavy (non-hydrogen) atoms. The van der Waals surface area contributed by atoms with Gasteiger partial charge in [0.1, 0.15) is 5.82 Å². The second-order valence-corrected chi connectivity index (χ2v) is 8.30. The first kappa shape index (κ1) is 23.0. The Kier molecular flexibility index (Phi) is 6.27. The number of imidazole rings is 1. The standard InChI is InChI=1S/C27H24N6O3/c1-2-31-24-11-7-6-10-23(24)29-25(31)17-28-26(34)16-20-18-32(21-8-4-3-5-9-21)30-27(20)19-12-14-22(15-13-19)33(35)36/h3-15,18H,2,16-17H2,1H3,(H,28,34). The van der Waals surface area contributed by atoms with Crippen LogP contribution >= 0.6 is 0 Å². The highest BCUT2D eigenvalue weighted by atomic mass is 16.6. The van der Waals surface area contributed by atoms with Crippen molar-refractivity contribution in [1.29, 1.82) is 0 Å². The van der Waals surface area contributed by atoms with Gasteiger partial charge < -0.3 is 9.88 Å². The molecule has 0 atom stereocenters. The smallest absolute Gasteiger partial charge is 0.269 e. The molecular weight excluding hydrogens is 456 g/mol. The number of non-ortho nitro benzene ring substituents is 1. The number of carbonyl (C=O) groups is 1. The summed E-state index contributed by atoms with van der Waals surface area (Å²) in [7, 11) is 0. The SMILES string of the molecule is CCn1c(CNC(=O)Cc2cn(-c3ccccc3)nc2-c2ccc([N+](=O)[O-])cc2)nc2ccccc21. The van der Waals surface area contributed by atoms with Crippen LogP contribution in [0.2, 0.25) is 0 Å². The van der Waals surface area contributed by atoms with Crippen LogP contribution in [0, 0.1) is 10.1 Å². The van der Waals surface area contributed by atoms with E-state index >= 15 is 0 Å². The van der Waals surface area contributed by atoms with Gasteiger partial charge in [0, 0.05) is 36.0 Å². The van der Waals surface area contributed by atoms with Gasteiger partial charge in [-0.05, 0) is 43.3 Å². The Morgan fingerprint density at radius 2 is 1.72 bits per heavy atom. The van der Waals surface area contributed by atoms with Gasteiger partial charge in [-0.2, -0.15) is 5.10 Å². The highest BCUT2D eigenvalue weighted by Crippen LogP contribution is 2.26. The summed E-state index contributed by atoms with van der Waals surface area (Å²) in [5.41, 5.74) is 4.80. The van der Waals surface area contributed by atoms with Crippen LogP contribution < -0.4 is 5.32 Å². The molecule has 2 aromatic heterocycles. The van der Waals surface area contributed by atoms with Crippen LogP contribution in [0.25, 0.3) is 28.0 Å². The number of carbonyl (C=O) groups excluding carboxylic acids is 1. The summed E-state index contributed by atoms with van der Waals surface area (Å²) in [6, 6.07) is 23.7. The van der Waals surface area contributed by atoms with Crippen molar-refractivity contribution in [1.82, 2.24) is 24.6 Å². The molecule has 0 radical (unpaired) electrons. The van der Waals surface area contributed by atoms with Gasteiger partial charge in [-0.25, -0.2) is 9.67 Å². The fourth-order valence-corrected chi connectivity index (χ4v) is 4.26. The highest BCUT2D eigenvalue weighted by Gasteiger charge is 2.17. The molecule has 5 rings (SSSR count). The van der Waals surface area contributed by atoms with E-state index in [4.69, 9.17) is 5.10 Å². The third-order valence-corrected chi connectivity index (χ3v) is 6.01. The van der Waals surface area contributed by atoms with Gasteiger partial charge in [0.05, 0.1) is 40.3 Å². The Hall–Kier alpha value is -4.79. The van der Waals surface area contributed by atoms with Crippen molar-refractivity contribution in [2.75, 3.05) is 0 Å². The summed E-state index contributed by atoms with van der Waals surface area (Å²) in [4.78, 5) is 28.3. The van der Waals surface area contributed by atoms with Gasteiger partial charge in [-0.15, -0.1) is 0 Å². The fraction of sp³-hybridized carbons (Fsp3) is 0.148. The molecule has 0 aliphatic heterocycles. The number of fused-ring (bicyclic) bond motifs is 1. The molecule has 3 aromatic carbocycles. The van der Waals surface area contributed by atoms with Crippen molar-refractivity contribution in [3.8, 4) is 16.9 Å². The van der Waals surface area contributed by atoms with Crippen molar-refractivity contribution in [2.24, 2.45) is 0 Å². The first-order chi connectivity index (χ1) is 17.5. The van der Waals surface area contributed by atoms with Crippen molar-refractivity contribution < 1.29 is 9.72 Å². The number of nitrogens with zero attached hydrogens (tertiary/aromatic N) is 5. The number of nitro benzene ring substituents is 1. The van der Waals surface area contributed by atoms with Crippen LogP contribution in [-0.4, -0.2) is 30.2 Å². The molecule has 0 unspecified atom stereocenters. The number of nitrogens with one attached hydrogen (secondary N) is 1. The summed E-state index contributed by atoms with van der Waals surface area (Å²) in [5.74, 6) is 0.628. The normalized spacial score (nSPS) is 11.0. The molecule has 1 N–H and O–H groups in total. The van der Waals surface area contributed by atoms with E-state index in [0.29, 0.717) is 23.4 Å². The van der Waals surface area contributed by atoms with Crippen molar-refractivity contribution >= 4 is 22.6 Å². The molecule has 0 bridgehead atoms. The summed E-state index contributed by atoms with van der Waals surface area (Å²) in [5, 5.41) is 18.8. The lowest BCUT2D eigenvalue weighted by atomic mass is 10.1. The van der Waals surface area contributed by atoms with E-state index in [1.807, 2.05) is 67.7 Å². The van der Waals surface area contributed by atoms with Gasteiger partial charge in [0.15, 0.2) is 0 Å². The molecule has 0 saturated carbocycles. The topological polar surface area (TPSA) is 108 Å². The zero-order valence-electron chi connectivity index (χ0n) is 19.7. The molecule has 2 heterocycles. The van der Waals surface area contributed by atoms with Gasteiger partial charge in [0.2, 0.25) is 5.91 Å². The van der Waals surface area contributed by atoms with Crippen molar-refractivity contribution in [3.05, 3.63) is 107 Å². The molecule has 9 nitrogen and oxygen atoms in total. The lowest BCUT2D eigenvalue weighted by Crippen LogP contribution is -2.26. The van der Waals surface area contributed by atoms with Crippen LogP contribution in [0.4, 0.5) is 5.69 Å². The minimum absolute atomic E-state index is 0.000604. The van der Waals surface area contributed by atoms with Gasteiger partial charge in [-0.3, -0.25) is 14.9 Å². The highest BCUT2D eigenvalue weighted by molar-refractivity contribution is 5.81. The van der Waals surface area contributed by atoms with Crippen LogP contribution in [0.3, 0.4) is 0 Å². The maximum Gasteiger partial charge on any atom is 0.269 e. The molecule has 0 aliphatic carbocycles. The third-order valence-electron chi connectivity index (χ3n) is 6.01. The van der Waals surface area contributed by atoms with E-state index in [0.717, 1.165) is 29.1 Å². The molecule has 5 aromatic rings. The molecule has 0 fully saturated rings. The summed E-state index contributed by atoms with van der Waals surface area (Å²) < 4.78 is 3.81. The average molecular weight is 481 g/mol. The van der Waals surface area contributed by atoms with Gasteiger partial charge >= 0.3 is 0 Å². The maximum atomic E-state index is 13.0. The quantitative estimate of drug-likeness (QED) is 0.256. The van der Waals surface area contributed by atoms with Crippen LogP contribution in [0.1, 0.15) is 18.3 Å². The minimum atomic E-state index is -0.440. The van der Waals surface area contributed by atoms with E-state index in [1.165, 1.54) is 12.1 Å². The number of nitro groups is 1. The molecule has 9 heteroatoms. The Morgan fingerprint density at radius 3 is 2.44 bits per heavy atom. The number of benzene rings is 3. The largest absolute Gasteiger partial charge is 0.349 e. The van der Waals surface area contributed by atoms with E-state index in [9.17, 15) is 14.9 Å². The zero-order chi connectivity index (χ0) is 25.1. The Labute approximate surface area is 207 Å². The average Bonchev–Trinajstić information content (AvgIpc) is 3.49. The Balaban J connectivity index is 1.40. The van der Waals surface area contributed by atoms with Crippen molar-refractivity contribution in [3.63, 3.8) is 0 Å². The summed E-state index contributed by atoms with van der Waals surface area (Å²) in [6.07, 6.45) is 1.93. The predicted molar refractivity (Wildman–Crippen MR) is 137 cm³/mol. The third kappa shape index (κ3) is 4.58. The van der Waals surface area contributed by atoms with Crippen molar-refractivity contribution in [2.45, 2.75) is 26.4 Å². The molecular formula is C27H24N6O3. The maximum absolute atomic E-state index is 13.0. The minimum Gasteiger partial charge on any atom is -0.349 e. The molecule has 0 aliphatic rings. The van der Waals surface area contributed by atoms with Crippen LogP contribution in [0.15, 0.2) is 85.1 Å². The van der Waals surface area contributed by atoms with Gasteiger partial charge in [0.25, 0.3) is 5.69 Å². The number of rotatable bonds is 8. The second kappa shape index (κ2) is 9.83. The van der Waals surface area contributed by atoms with Crippen LogP contribution in [0.5, 0.6) is 0 Å². The molecule has 0 spiro atoms. The number of hydrogen-bond acceptors (Lipinski definition) is 5. The second-order valence-electron chi connectivity index (χ2n) is 8.30. The van der Waals surface area contributed by atoms with E-state index in [-0.39, 0.29) is 18.0 Å². The summed E-state index contributed by atoms with van der Waals surface area (Å²) in [6.45, 7) is 3.11. The lowest BCUT2D eigenvalue weighted by molar-refractivity contribution is -0.384. The van der Waals surface area contributed by atoms with Gasteiger partial charge in [-0.1, -0.05) is 30.3 Å². The Morgan fingerprint density at radius 1 is 1.00 bits per heavy atom. The fourth-order valence-electron chi connectivity index (χ4n) is 4.26. The number of aromatic nitrogens is 4. The first-order valence-electron chi connectivity index (χ1n) is 11.6. The number of amides is 1. The zero-order valence-corrected chi connectivity index (χ0v) is 19.7. The molecule has 0 saturated heterocycles. The lowest BCUT2D eigenvalue weighted by Gasteiger charge is -2.08. The van der Waals surface area contributed by atoms with E-state index < -0.39 is 4.92 Å². The van der Waals surface area contributed by atoms with Crippen LogP contribution in [-0.2, 0) is 24.3 Å². The van der Waals surface area contributed by atoms with E-state index in [1.54, 1.807) is 16.8 Å². The molecule has 1 amide bonds. The summed E-state index contributed by atoms with van der Waals surface area (Å²) >= 11 is 0. The van der Waals surface area contributed by atoms with E-state index in [2.05, 4.69) is 14.9 Å². The monoisotopic (exact) mass is 480 g/mol. The predicted octanol–water partition coefficient (Wildman–Crippen LogP) is 4.68. The number of aryl methyl sites for hydroxylation is 1. The number of hydrogen-bond donors (Lipinski definition) is 1. The Bertz CT molecular complexity index is 1540. The number of para-hydroxylation sites is 3. The first-order valence-corrected chi connectivity index (χ1v) is 11.6. The molecule has 180 valence electrons.